The highest BCUT2D eigenvalue weighted by molar-refractivity contribution is 7.07. The Bertz CT molecular complexity index is 1260. The summed E-state index contributed by atoms with van der Waals surface area (Å²) in [6.07, 6.45) is 0. The van der Waals surface area contributed by atoms with Gasteiger partial charge in [0.15, 0.2) is 4.80 Å². The number of amides is 2. The summed E-state index contributed by atoms with van der Waals surface area (Å²) in [6.45, 7) is 9.03. The predicted octanol–water partition coefficient (Wildman–Crippen LogP) is 4.73. The third-order valence-corrected chi connectivity index (χ3v) is 7.53. The normalized spacial score (nSPS) is 15.1. The molecule has 1 aromatic heterocycles. The number of likely N-dealkylation sites (N-methyl/N-ethyl adjacent to an activating group) is 1. The molecular weight excluding hydrogens is 491 g/mol. The van der Waals surface area contributed by atoms with Gasteiger partial charge in [0.1, 0.15) is 0 Å². The SMILES string of the molecule is CCN1CCN(C(=O)c2ccc(Cn3c(C)csc3=NC(=O)c3ccc(Cl)cc3Cl)cc2)CC1. The van der Waals surface area contributed by atoms with Crippen molar-refractivity contribution in [3.63, 3.8) is 0 Å². The number of nitrogens with zero attached hydrogens (tertiary/aromatic N) is 4. The average Bonchev–Trinajstić information content (AvgIpc) is 3.17. The molecule has 1 saturated heterocycles. The zero-order valence-electron chi connectivity index (χ0n) is 19.1. The van der Waals surface area contributed by atoms with Crippen molar-refractivity contribution < 1.29 is 9.59 Å². The maximum absolute atomic E-state index is 12.9. The molecule has 0 bridgehead atoms. The van der Waals surface area contributed by atoms with Gasteiger partial charge in [0.25, 0.3) is 11.8 Å². The Morgan fingerprint density at radius 2 is 1.74 bits per heavy atom. The van der Waals surface area contributed by atoms with E-state index >= 15 is 0 Å². The van der Waals surface area contributed by atoms with E-state index in [9.17, 15) is 9.59 Å². The minimum atomic E-state index is -0.415. The summed E-state index contributed by atoms with van der Waals surface area (Å²) in [5.74, 6) is -0.343. The fourth-order valence-corrected chi connectivity index (χ4v) is 5.25. The van der Waals surface area contributed by atoms with Gasteiger partial charge in [-0.15, -0.1) is 11.3 Å². The number of aryl methyl sites for hydroxylation is 1. The number of thiazole rings is 1. The fourth-order valence-electron chi connectivity index (χ4n) is 3.89. The Morgan fingerprint density at radius 3 is 2.38 bits per heavy atom. The molecule has 0 atom stereocenters. The van der Waals surface area contributed by atoms with Crippen molar-refractivity contribution in [1.29, 1.82) is 0 Å². The van der Waals surface area contributed by atoms with Gasteiger partial charge in [0.05, 0.1) is 17.1 Å². The minimum absolute atomic E-state index is 0.0720. The van der Waals surface area contributed by atoms with Gasteiger partial charge in [-0.2, -0.15) is 4.99 Å². The molecule has 1 aliphatic heterocycles. The lowest BCUT2D eigenvalue weighted by Crippen LogP contribution is -2.48. The molecule has 1 fully saturated rings. The Kier molecular flexibility index (Phi) is 7.88. The summed E-state index contributed by atoms with van der Waals surface area (Å²) in [4.78, 5) is 34.8. The Morgan fingerprint density at radius 1 is 1.03 bits per heavy atom. The van der Waals surface area contributed by atoms with Crippen LogP contribution < -0.4 is 4.80 Å². The van der Waals surface area contributed by atoms with Crippen LogP contribution in [0, 0.1) is 6.92 Å². The van der Waals surface area contributed by atoms with Crippen molar-refractivity contribution in [3.05, 3.63) is 85.1 Å². The van der Waals surface area contributed by atoms with E-state index in [2.05, 4.69) is 16.8 Å². The largest absolute Gasteiger partial charge is 0.336 e. The van der Waals surface area contributed by atoms with E-state index in [1.165, 1.54) is 17.4 Å². The monoisotopic (exact) mass is 516 g/mol. The van der Waals surface area contributed by atoms with Crippen LogP contribution in [0.1, 0.15) is 38.9 Å². The lowest BCUT2D eigenvalue weighted by Gasteiger charge is -2.34. The quantitative estimate of drug-likeness (QED) is 0.492. The fraction of sp³-hybridized carbons (Fsp3) is 0.320. The molecule has 9 heteroatoms. The van der Waals surface area contributed by atoms with Crippen molar-refractivity contribution in [3.8, 4) is 0 Å². The molecule has 3 aromatic rings. The molecule has 2 amide bonds. The standard InChI is InChI=1S/C25H26Cl2N4O2S/c1-3-29-10-12-30(13-11-29)24(33)19-6-4-18(5-7-19)15-31-17(2)16-34-25(31)28-23(32)21-9-8-20(26)14-22(21)27/h4-9,14,16H,3,10-13,15H2,1-2H3. The second-order valence-electron chi connectivity index (χ2n) is 8.21. The van der Waals surface area contributed by atoms with Gasteiger partial charge in [-0.1, -0.05) is 42.3 Å². The second kappa shape index (κ2) is 10.9. The van der Waals surface area contributed by atoms with E-state index in [-0.39, 0.29) is 10.9 Å². The first-order valence-corrected chi connectivity index (χ1v) is 12.8. The van der Waals surface area contributed by atoms with Gasteiger partial charge in [-0.3, -0.25) is 9.59 Å². The van der Waals surface area contributed by atoms with E-state index < -0.39 is 5.91 Å². The van der Waals surface area contributed by atoms with Crippen molar-refractivity contribution in [2.45, 2.75) is 20.4 Å². The van der Waals surface area contributed by atoms with Crippen LogP contribution in [0.5, 0.6) is 0 Å². The molecular formula is C25H26Cl2N4O2S. The summed E-state index contributed by atoms with van der Waals surface area (Å²) in [6, 6.07) is 12.4. The van der Waals surface area contributed by atoms with Gasteiger partial charge in [0, 0.05) is 47.8 Å². The van der Waals surface area contributed by atoms with E-state index in [0.29, 0.717) is 27.5 Å². The minimum Gasteiger partial charge on any atom is -0.336 e. The molecule has 6 nitrogen and oxygen atoms in total. The van der Waals surface area contributed by atoms with Crippen molar-refractivity contribution in [1.82, 2.24) is 14.4 Å². The molecule has 34 heavy (non-hydrogen) atoms. The smallest absolute Gasteiger partial charge is 0.281 e. The third-order valence-electron chi connectivity index (χ3n) is 6.00. The number of hydrogen-bond acceptors (Lipinski definition) is 4. The van der Waals surface area contributed by atoms with E-state index in [1.54, 1.807) is 12.1 Å². The summed E-state index contributed by atoms with van der Waals surface area (Å²) in [7, 11) is 0. The van der Waals surface area contributed by atoms with Crippen LogP contribution in [0.3, 0.4) is 0 Å². The van der Waals surface area contributed by atoms with Gasteiger partial charge in [-0.25, -0.2) is 0 Å². The van der Waals surface area contributed by atoms with Crippen LogP contribution in [-0.4, -0.2) is 58.9 Å². The number of carbonyl (C=O) groups excluding carboxylic acids is 2. The highest BCUT2D eigenvalue weighted by atomic mass is 35.5. The number of rotatable bonds is 5. The van der Waals surface area contributed by atoms with E-state index in [1.807, 2.05) is 46.0 Å². The molecule has 2 heterocycles. The lowest BCUT2D eigenvalue weighted by molar-refractivity contribution is 0.0643. The summed E-state index contributed by atoms with van der Waals surface area (Å²) in [5, 5.41) is 2.70. The number of hydrogen-bond donors (Lipinski definition) is 0. The maximum Gasteiger partial charge on any atom is 0.281 e. The van der Waals surface area contributed by atoms with Crippen molar-refractivity contribution >= 4 is 46.4 Å². The number of aromatic nitrogens is 1. The number of halogens is 2. The van der Waals surface area contributed by atoms with Crippen LogP contribution >= 0.6 is 34.5 Å². The highest BCUT2D eigenvalue weighted by Gasteiger charge is 2.21. The molecule has 178 valence electrons. The van der Waals surface area contributed by atoms with Gasteiger partial charge in [0.2, 0.25) is 0 Å². The average molecular weight is 517 g/mol. The van der Waals surface area contributed by atoms with Gasteiger partial charge in [-0.05, 0) is 49.4 Å². The molecule has 0 saturated carbocycles. The molecule has 0 unspecified atom stereocenters. The molecule has 2 aromatic carbocycles. The predicted molar refractivity (Wildman–Crippen MR) is 137 cm³/mol. The van der Waals surface area contributed by atoms with Crippen LogP contribution in [0.2, 0.25) is 10.0 Å². The first-order chi connectivity index (χ1) is 16.4. The molecule has 0 radical (unpaired) electrons. The highest BCUT2D eigenvalue weighted by Crippen LogP contribution is 2.21. The molecule has 4 rings (SSSR count). The summed E-state index contributed by atoms with van der Waals surface area (Å²) < 4.78 is 1.98. The topological polar surface area (TPSA) is 57.9 Å². The molecule has 0 N–H and O–H groups in total. The molecule has 0 aliphatic carbocycles. The first-order valence-electron chi connectivity index (χ1n) is 11.2. The Labute approximate surface area is 213 Å². The maximum atomic E-state index is 12.9. The summed E-state index contributed by atoms with van der Waals surface area (Å²) in [5.41, 5.74) is 3.02. The number of benzene rings is 2. The third kappa shape index (κ3) is 5.61. The van der Waals surface area contributed by atoms with Crippen molar-refractivity contribution in [2.75, 3.05) is 32.7 Å². The Hall–Kier alpha value is -2.45. The van der Waals surface area contributed by atoms with Gasteiger partial charge >= 0.3 is 0 Å². The van der Waals surface area contributed by atoms with Crippen molar-refractivity contribution in [2.24, 2.45) is 4.99 Å². The first kappa shape index (κ1) is 24.7. The zero-order valence-corrected chi connectivity index (χ0v) is 21.5. The molecule has 0 spiro atoms. The Balaban J connectivity index is 1.49. The van der Waals surface area contributed by atoms with Crippen LogP contribution in [0.25, 0.3) is 0 Å². The van der Waals surface area contributed by atoms with Crippen LogP contribution in [-0.2, 0) is 6.54 Å². The van der Waals surface area contributed by atoms with Crippen LogP contribution in [0.4, 0.5) is 0 Å². The number of carbonyl (C=O) groups is 2. The van der Waals surface area contributed by atoms with E-state index in [4.69, 9.17) is 23.2 Å². The van der Waals surface area contributed by atoms with Crippen LogP contribution in [0.15, 0.2) is 52.8 Å². The van der Waals surface area contributed by atoms with E-state index in [0.717, 1.165) is 44.0 Å². The zero-order chi connectivity index (χ0) is 24.2. The molecule has 1 aliphatic rings. The second-order valence-corrected chi connectivity index (χ2v) is 9.89. The number of piperazine rings is 1. The lowest BCUT2D eigenvalue weighted by atomic mass is 10.1. The van der Waals surface area contributed by atoms with Gasteiger partial charge < -0.3 is 14.4 Å². The summed E-state index contributed by atoms with van der Waals surface area (Å²) >= 11 is 13.5.